The van der Waals surface area contributed by atoms with Gasteiger partial charge in [0.1, 0.15) is 10.7 Å². The molecule has 4 rings (SSSR count). The van der Waals surface area contributed by atoms with E-state index in [1.54, 1.807) is 11.3 Å². The van der Waals surface area contributed by atoms with Crippen LogP contribution in [0.5, 0.6) is 0 Å². The van der Waals surface area contributed by atoms with E-state index in [0.29, 0.717) is 30.2 Å². The van der Waals surface area contributed by atoms with Gasteiger partial charge in [-0.25, -0.2) is 4.98 Å². The van der Waals surface area contributed by atoms with Crippen LogP contribution in [-0.4, -0.2) is 40.6 Å². The van der Waals surface area contributed by atoms with E-state index in [-0.39, 0.29) is 17.9 Å². The van der Waals surface area contributed by atoms with Crippen molar-refractivity contribution in [1.82, 2.24) is 9.88 Å². The van der Waals surface area contributed by atoms with Gasteiger partial charge in [-0.15, -0.1) is 22.7 Å². The van der Waals surface area contributed by atoms with Crippen LogP contribution in [-0.2, 0) is 6.42 Å². The van der Waals surface area contributed by atoms with Crippen molar-refractivity contribution in [2.24, 2.45) is 5.41 Å². The molecule has 28 heavy (non-hydrogen) atoms. The Morgan fingerprint density at radius 2 is 2.18 bits per heavy atom. The lowest BCUT2D eigenvalue weighted by molar-refractivity contribution is 0.0268. The number of halogens is 1. The second-order valence-electron chi connectivity index (χ2n) is 7.31. The molecule has 0 spiro atoms. The Balaban J connectivity index is 1.51. The molecule has 1 aromatic carbocycles. The van der Waals surface area contributed by atoms with Crippen molar-refractivity contribution >= 4 is 40.2 Å². The molecule has 0 bridgehead atoms. The Bertz CT molecular complexity index is 957. The molecule has 1 atom stereocenters. The standard InChI is InChI=1S/C21H21ClN2O2S2/c22-16-5-1-4-15(10-16)11-21(14-25)7-3-8-24(13-21)20(26)17-12-28-19(23-17)18-6-2-9-27-18/h1-2,4-6,9-10,12,25H,3,7-8,11,13-14H2. The van der Waals surface area contributed by atoms with Crippen molar-refractivity contribution in [1.29, 1.82) is 0 Å². The third-order valence-corrected chi connectivity index (χ3v) is 7.32. The van der Waals surface area contributed by atoms with Crippen LogP contribution >= 0.6 is 34.3 Å². The van der Waals surface area contributed by atoms with Crippen LogP contribution in [0.15, 0.2) is 47.2 Å². The highest BCUT2D eigenvalue weighted by atomic mass is 35.5. The van der Waals surface area contributed by atoms with E-state index in [1.807, 2.05) is 52.1 Å². The molecule has 0 saturated carbocycles. The zero-order valence-electron chi connectivity index (χ0n) is 15.3. The summed E-state index contributed by atoms with van der Waals surface area (Å²) in [6.45, 7) is 1.27. The number of aliphatic hydroxyl groups is 1. The molecule has 3 aromatic rings. The minimum absolute atomic E-state index is 0.0425. The van der Waals surface area contributed by atoms with Crippen LogP contribution in [0, 0.1) is 5.41 Å². The van der Waals surface area contributed by atoms with Crippen molar-refractivity contribution in [2.45, 2.75) is 19.3 Å². The molecule has 1 N–H and O–H groups in total. The summed E-state index contributed by atoms with van der Waals surface area (Å²) in [4.78, 5) is 20.5. The second-order valence-corrected chi connectivity index (χ2v) is 9.55. The Kier molecular flexibility index (Phi) is 5.83. The van der Waals surface area contributed by atoms with Gasteiger partial charge < -0.3 is 10.0 Å². The fraction of sp³-hybridized carbons (Fsp3) is 0.333. The lowest BCUT2D eigenvalue weighted by Crippen LogP contribution is -2.49. The molecule has 1 amide bonds. The number of carbonyl (C=O) groups is 1. The number of amides is 1. The highest BCUT2D eigenvalue weighted by Crippen LogP contribution is 2.35. The van der Waals surface area contributed by atoms with Crippen molar-refractivity contribution < 1.29 is 9.90 Å². The second kappa shape index (κ2) is 8.33. The first-order valence-electron chi connectivity index (χ1n) is 9.23. The Labute approximate surface area is 177 Å². The van der Waals surface area contributed by atoms with Gasteiger partial charge in [0.05, 0.1) is 11.5 Å². The fourth-order valence-corrected chi connectivity index (χ4v) is 5.66. The predicted octanol–water partition coefficient (Wildman–Crippen LogP) is 4.98. The van der Waals surface area contributed by atoms with Gasteiger partial charge >= 0.3 is 0 Å². The highest BCUT2D eigenvalue weighted by molar-refractivity contribution is 7.20. The molecular weight excluding hydrogens is 412 g/mol. The number of hydrogen-bond donors (Lipinski definition) is 1. The molecule has 3 heterocycles. The van der Waals surface area contributed by atoms with Gasteiger partial charge in [0.15, 0.2) is 0 Å². The maximum atomic E-state index is 13.1. The lowest BCUT2D eigenvalue weighted by atomic mass is 9.75. The third kappa shape index (κ3) is 4.15. The number of nitrogens with zero attached hydrogens (tertiary/aromatic N) is 2. The zero-order valence-corrected chi connectivity index (χ0v) is 17.7. The quantitative estimate of drug-likeness (QED) is 0.618. The molecule has 1 aliphatic rings. The average molecular weight is 433 g/mol. The number of thiazole rings is 1. The molecule has 1 saturated heterocycles. The van der Waals surface area contributed by atoms with Crippen LogP contribution in [0.25, 0.3) is 9.88 Å². The van der Waals surface area contributed by atoms with E-state index in [9.17, 15) is 9.90 Å². The maximum absolute atomic E-state index is 13.1. The molecule has 146 valence electrons. The largest absolute Gasteiger partial charge is 0.396 e. The number of rotatable bonds is 5. The average Bonchev–Trinajstić information content (AvgIpc) is 3.39. The highest BCUT2D eigenvalue weighted by Gasteiger charge is 2.37. The molecule has 2 aromatic heterocycles. The minimum atomic E-state index is -0.342. The number of aliphatic hydroxyl groups excluding tert-OH is 1. The summed E-state index contributed by atoms with van der Waals surface area (Å²) in [5.41, 5.74) is 1.24. The minimum Gasteiger partial charge on any atom is -0.396 e. The van der Waals surface area contributed by atoms with Crippen molar-refractivity contribution in [3.63, 3.8) is 0 Å². The van der Waals surface area contributed by atoms with Gasteiger partial charge in [0.25, 0.3) is 5.91 Å². The number of benzene rings is 1. The van der Waals surface area contributed by atoms with E-state index < -0.39 is 0 Å². The van der Waals surface area contributed by atoms with Crippen LogP contribution in [0.2, 0.25) is 5.02 Å². The van der Waals surface area contributed by atoms with Gasteiger partial charge in [-0.05, 0) is 48.4 Å². The van der Waals surface area contributed by atoms with Gasteiger partial charge in [0, 0.05) is 28.9 Å². The first-order chi connectivity index (χ1) is 13.6. The molecule has 0 radical (unpaired) electrons. The number of hydrogen-bond acceptors (Lipinski definition) is 5. The van der Waals surface area contributed by atoms with Crippen LogP contribution < -0.4 is 0 Å². The summed E-state index contributed by atoms with van der Waals surface area (Å²) in [5.74, 6) is -0.0531. The number of piperidine rings is 1. The molecule has 1 fully saturated rings. The number of carbonyl (C=O) groups excluding carboxylic acids is 1. The Morgan fingerprint density at radius 1 is 1.29 bits per heavy atom. The Hall–Kier alpha value is -1.73. The normalized spacial score (nSPS) is 19.7. The summed E-state index contributed by atoms with van der Waals surface area (Å²) < 4.78 is 0. The van der Waals surface area contributed by atoms with Crippen molar-refractivity contribution in [2.75, 3.05) is 19.7 Å². The third-order valence-electron chi connectivity index (χ3n) is 5.21. The number of aromatic nitrogens is 1. The number of likely N-dealkylation sites (tertiary alicyclic amines) is 1. The van der Waals surface area contributed by atoms with Gasteiger partial charge in [-0.2, -0.15) is 0 Å². The van der Waals surface area contributed by atoms with E-state index in [2.05, 4.69) is 4.98 Å². The summed E-state index contributed by atoms with van der Waals surface area (Å²) >= 11 is 9.24. The van der Waals surface area contributed by atoms with Gasteiger partial charge in [0.2, 0.25) is 0 Å². The topological polar surface area (TPSA) is 53.4 Å². The summed E-state index contributed by atoms with van der Waals surface area (Å²) in [6.07, 6.45) is 2.46. The molecule has 4 nitrogen and oxygen atoms in total. The van der Waals surface area contributed by atoms with Crippen LogP contribution in [0.4, 0.5) is 0 Å². The molecule has 1 aliphatic heterocycles. The Morgan fingerprint density at radius 3 is 2.93 bits per heavy atom. The van der Waals surface area contributed by atoms with Crippen LogP contribution in [0.1, 0.15) is 28.9 Å². The first-order valence-corrected chi connectivity index (χ1v) is 11.4. The summed E-state index contributed by atoms with van der Waals surface area (Å²) in [7, 11) is 0. The fourth-order valence-electron chi connectivity index (χ4n) is 3.84. The zero-order chi connectivity index (χ0) is 19.6. The monoisotopic (exact) mass is 432 g/mol. The van der Waals surface area contributed by atoms with Gasteiger partial charge in [-0.3, -0.25) is 4.79 Å². The van der Waals surface area contributed by atoms with Crippen LogP contribution in [0.3, 0.4) is 0 Å². The van der Waals surface area contributed by atoms with E-state index >= 15 is 0 Å². The molecule has 1 unspecified atom stereocenters. The molecule has 0 aliphatic carbocycles. The first kappa shape index (κ1) is 19.6. The molecule has 7 heteroatoms. The lowest BCUT2D eigenvalue weighted by Gasteiger charge is -2.41. The maximum Gasteiger partial charge on any atom is 0.273 e. The van der Waals surface area contributed by atoms with Crippen molar-refractivity contribution in [3.05, 3.63) is 63.4 Å². The van der Waals surface area contributed by atoms with E-state index in [4.69, 9.17) is 11.6 Å². The smallest absolute Gasteiger partial charge is 0.273 e. The molecular formula is C21H21ClN2O2S2. The SMILES string of the molecule is O=C(c1csc(-c2cccs2)n1)N1CCCC(CO)(Cc2cccc(Cl)c2)C1. The van der Waals surface area contributed by atoms with E-state index in [0.717, 1.165) is 28.3 Å². The van der Waals surface area contributed by atoms with Gasteiger partial charge in [-0.1, -0.05) is 29.8 Å². The number of thiophene rings is 1. The van der Waals surface area contributed by atoms with E-state index in [1.165, 1.54) is 11.3 Å². The summed E-state index contributed by atoms with van der Waals surface area (Å²) in [6, 6.07) is 11.7. The summed E-state index contributed by atoms with van der Waals surface area (Å²) in [5, 5.41) is 15.6. The van der Waals surface area contributed by atoms with Crippen molar-refractivity contribution in [3.8, 4) is 9.88 Å². The predicted molar refractivity (Wildman–Crippen MR) is 115 cm³/mol.